The summed E-state index contributed by atoms with van der Waals surface area (Å²) in [5, 5.41) is 0.515. The predicted molar refractivity (Wildman–Crippen MR) is 41.4 cm³/mol. The largest absolute Gasteiger partial charge is 0.228 e. The number of hydrogen-bond acceptors (Lipinski definition) is 2. The molecule has 0 spiro atoms. The number of rotatable bonds is 3. The van der Waals surface area contributed by atoms with E-state index in [4.69, 9.17) is 0 Å². The average molecular weight is 266 g/mol. The maximum absolute atomic E-state index is 10.5. The van der Waals surface area contributed by atoms with Crippen LogP contribution >= 0.6 is 31.9 Å². The molecule has 0 unspecified atom stereocenters. The van der Waals surface area contributed by atoms with E-state index < -0.39 is 9.84 Å². The van der Waals surface area contributed by atoms with Crippen molar-refractivity contribution >= 4 is 41.7 Å². The van der Waals surface area contributed by atoms with Crippen LogP contribution < -0.4 is 0 Å². The molecule has 5 heteroatoms. The normalized spacial score (nSPS) is 11.8. The molecular formula is C3H6Br2O2S. The lowest BCUT2D eigenvalue weighted by Crippen LogP contribution is -2.07. The van der Waals surface area contributed by atoms with Gasteiger partial charge in [-0.1, -0.05) is 31.9 Å². The van der Waals surface area contributed by atoms with E-state index in [0.29, 0.717) is 5.33 Å². The van der Waals surface area contributed by atoms with E-state index in [0.717, 1.165) is 0 Å². The summed E-state index contributed by atoms with van der Waals surface area (Å²) in [6.07, 6.45) is 0. The molecule has 0 aliphatic carbocycles. The highest BCUT2D eigenvalue weighted by atomic mass is 79.9. The molecule has 8 heavy (non-hydrogen) atoms. The van der Waals surface area contributed by atoms with Crippen molar-refractivity contribution in [2.24, 2.45) is 0 Å². The van der Waals surface area contributed by atoms with Gasteiger partial charge in [0, 0.05) is 5.33 Å². The summed E-state index contributed by atoms with van der Waals surface area (Å²) >= 11 is 5.89. The monoisotopic (exact) mass is 264 g/mol. The van der Waals surface area contributed by atoms with Gasteiger partial charge in [-0.3, -0.25) is 0 Å². The van der Waals surface area contributed by atoms with Crippen LogP contribution in [0.15, 0.2) is 0 Å². The second-order valence-corrected chi connectivity index (χ2v) is 5.53. The van der Waals surface area contributed by atoms with Crippen LogP contribution in [0.1, 0.15) is 0 Å². The third-order valence-electron chi connectivity index (χ3n) is 0.554. The quantitative estimate of drug-likeness (QED) is 0.718. The van der Waals surface area contributed by atoms with Gasteiger partial charge in [0.25, 0.3) is 0 Å². The molecule has 0 heterocycles. The van der Waals surface area contributed by atoms with Crippen LogP contribution in [-0.4, -0.2) is 24.2 Å². The van der Waals surface area contributed by atoms with Crippen molar-refractivity contribution in [2.75, 3.05) is 15.7 Å². The minimum Gasteiger partial charge on any atom is -0.228 e. The lowest BCUT2D eigenvalue weighted by molar-refractivity contribution is 0.602. The van der Waals surface area contributed by atoms with E-state index in [-0.39, 0.29) is 10.4 Å². The SMILES string of the molecule is O=S(=O)(CBr)CCBr. The Morgan fingerprint density at radius 1 is 1.25 bits per heavy atom. The maximum atomic E-state index is 10.5. The lowest BCUT2D eigenvalue weighted by Gasteiger charge is -1.91. The fraction of sp³-hybridized carbons (Fsp3) is 1.00. The molecule has 0 aliphatic heterocycles. The van der Waals surface area contributed by atoms with Crippen molar-refractivity contribution in [3.05, 3.63) is 0 Å². The van der Waals surface area contributed by atoms with Gasteiger partial charge < -0.3 is 0 Å². The third kappa shape index (κ3) is 3.86. The smallest absolute Gasteiger partial charge is 0.161 e. The van der Waals surface area contributed by atoms with E-state index >= 15 is 0 Å². The Bertz CT molecular complexity index is 139. The highest BCUT2D eigenvalue weighted by Gasteiger charge is 2.04. The first-order valence-electron chi connectivity index (χ1n) is 1.95. The van der Waals surface area contributed by atoms with Gasteiger partial charge in [0.05, 0.1) is 5.75 Å². The highest BCUT2D eigenvalue weighted by molar-refractivity contribution is 9.11. The molecule has 0 aromatic carbocycles. The van der Waals surface area contributed by atoms with Gasteiger partial charge in [0.15, 0.2) is 9.84 Å². The Labute approximate surface area is 65.8 Å². The second kappa shape index (κ2) is 3.85. The first-order valence-corrected chi connectivity index (χ1v) is 6.01. The van der Waals surface area contributed by atoms with Crippen LogP contribution in [0, 0.1) is 0 Å². The molecule has 0 fully saturated rings. The van der Waals surface area contributed by atoms with Gasteiger partial charge in [-0.25, -0.2) is 8.42 Å². The summed E-state index contributed by atoms with van der Waals surface area (Å²) in [5.41, 5.74) is 0. The maximum Gasteiger partial charge on any atom is 0.161 e. The number of hydrogen-bond donors (Lipinski definition) is 0. The van der Waals surface area contributed by atoms with Crippen molar-refractivity contribution in [1.29, 1.82) is 0 Å². The van der Waals surface area contributed by atoms with Crippen molar-refractivity contribution in [3.8, 4) is 0 Å². The highest BCUT2D eigenvalue weighted by Crippen LogP contribution is 1.96. The zero-order valence-corrected chi connectivity index (χ0v) is 8.09. The molecular weight excluding hydrogens is 260 g/mol. The fourth-order valence-electron chi connectivity index (χ4n) is 0.172. The minimum absolute atomic E-state index is 0.0611. The molecule has 0 aliphatic rings. The number of alkyl halides is 2. The van der Waals surface area contributed by atoms with Gasteiger partial charge in [-0.2, -0.15) is 0 Å². The predicted octanol–water partition coefficient (Wildman–Crippen LogP) is 1.15. The summed E-state index contributed by atoms with van der Waals surface area (Å²) in [7, 11) is -2.80. The van der Waals surface area contributed by atoms with Crippen LogP contribution in [0.2, 0.25) is 0 Å². The van der Waals surface area contributed by atoms with Crippen LogP contribution in [-0.2, 0) is 9.84 Å². The molecule has 2 nitrogen and oxygen atoms in total. The summed E-state index contributed by atoms with van der Waals surface area (Å²) in [5.74, 6) is 0.207. The zero-order chi connectivity index (χ0) is 6.62. The first-order chi connectivity index (χ1) is 3.62. The van der Waals surface area contributed by atoms with E-state index in [1.807, 2.05) is 0 Å². The van der Waals surface area contributed by atoms with E-state index in [1.54, 1.807) is 0 Å². The Balaban J connectivity index is 3.76. The van der Waals surface area contributed by atoms with Gasteiger partial charge >= 0.3 is 0 Å². The van der Waals surface area contributed by atoms with Crippen LogP contribution in [0.3, 0.4) is 0 Å². The molecule has 0 N–H and O–H groups in total. The third-order valence-corrected chi connectivity index (χ3v) is 4.73. The molecule has 0 aromatic heterocycles. The van der Waals surface area contributed by atoms with Crippen LogP contribution in [0.25, 0.3) is 0 Å². The Morgan fingerprint density at radius 2 is 1.75 bits per heavy atom. The molecule has 0 saturated carbocycles. The van der Waals surface area contributed by atoms with Crippen molar-refractivity contribution in [3.63, 3.8) is 0 Å². The fourth-order valence-corrected chi connectivity index (χ4v) is 2.68. The summed E-state index contributed by atoms with van der Waals surface area (Å²) in [6.45, 7) is 0. The standard InChI is InChI=1S/C3H6Br2O2S/c4-1-2-8(6,7)3-5/h1-3H2. The Hall–Kier alpha value is 0.910. The number of sulfone groups is 1. The van der Waals surface area contributed by atoms with E-state index in [1.165, 1.54) is 0 Å². The van der Waals surface area contributed by atoms with Gasteiger partial charge in [-0.05, 0) is 0 Å². The van der Waals surface area contributed by atoms with Crippen molar-refractivity contribution < 1.29 is 8.42 Å². The summed E-state index contributed by atoms with van der Waals surface area (Å²) in [6, 6.07) is 0. The van der Waals surface area contributed by atoms with Gasteiger partial charge in [0.2, 0.25) is 0 Å². The number of halogens is 2. The molecule has 50 valence electrons. The van der Waals surface area contributed by atoms with Crippen molar-refractivity contribution in [1.82, 2.24) is 0 Å². The molecule has 0 amide bonds. The molecule has 0 rings (SSSR count). The average Bonchev–Trinajstić information content (AvgIpc) is 1.67. The molecule has 0 saturated heterocycles. The Morgan fingerprint density at radius 3 is 1.88 bits per heavy atom. The van der Waals surface area contributed by atoms with E-state index in [2.05, 4.69) is 31.9 Å². The topological polar surface area (TPSA) is 34.1 Å². The Kier molecular flexibility index (Phi) is 4.28. The second-order valence-electron chi connectivity index (χ2n) is 1.25. The summed E-state index contributed by atoms with van der Waals surface area (Å²) in [4.78, 5) is 0. The minimum atomic E-state index is -2.80. The molecule has 0 bridgehead atoms. The van der Waals surface area contributed by atoms with Crippen LogP contribution in [0.4, 0.5) is 0 Å². The van der Waals surface area contributed by atoms with Crippen LogP contribution in [0.5, 0.6) is 0 Å². The lowest BCUT2D eigenvalue weighted by atomic mass is 11.0. The molecule has 0 atom stereocenters. The summed E-state index contributed by atoms with van der Waals surface area (Å²) < 4.78 is 21.1. The molecule has 0 aromatic rings. The van der Waals surface area contributed by atoms with Crippen molar-refractivity contribution in [2.45, 2.75) is 0 Å². The van der Waals surface area contributed by atoms with Gasteiger partial charge in [-0.15, -0.1) is 0 Å². The van der Waals surface area contributed by atoms with E-state index in [9.17, 15) is 8.42 Å². The first kappa shape index (κ1) is 8.91. The van der Waals surface area contributed by atoms with Gasteiger partial charge in [0.1, 0.15) is 4.66 Å². The molecule has 0 radical (unpaired) electrons. The zero-order valence-electron chi connectivity index (χ0n) is 4.10.